The van der Waals surface area contributed by atoms with Crippen molar-refractivity contribution in [2.45, 2.75) is 18.9 Å². The quantitative estimate of drug-likeness (QED) is 0.810. The van der Waals surface area contributed by atoms with Gasteiger partial charge in [-0.15, -0.1) is 11.3 Å². The van der Waals surface area contributed by atoms with Crippen LogP contribution >= 0.6 is 11.3 Å². The molecule has 4 nitrogen and oxygen atoms in total. The van der Waals surface area contributed by atoms with Gasteiger partial charge in [-0.25, -0.2) is 4.98 Å². The highest BCUT2D eigenvalue weighted by Crippen LogP contribution is 2.34. The van der Waals surface area contributed by atoms with E-state index in [0.29, 0.717) is 0 Å². The van der Waals surface area contributed by atoms with Crippen molar-refractivity contribution < 1.29 is 0 Å². The van der Waals surface area contributed by atoms with Crippen molar-refractivity contribution in [3.63, 3.8) is 0 Å². The Labute approximate surface area is 116 Å². The summed E-state index contributed by atoms with van der Waals surface area (Å²) in [6, 6.07) is 5.04. The molecule has 19 heavy (non-hydrogen) atoms. The maximum Gasteiger partial charge on any atom is 0.106 e. The van der Waals surface area contributed by atoms with Gasteiger partial charge < -0.3 is 10.6 Å². The van der Waals surface area contributed by atoms with Crippen LogP contribution in [0.3, 0.4) is 0 Å². The molecule has 2 aliphatic rings. The molecule has 2 fully saturated rings. The van der Waals surface area contributed by atoms with Gasteiger partial charge in [-0.2, -0.15) is 0 Å². The maximum atomic E-state index is 6.32. The van der Waals surface area contributed by atoms with Gasteiger partial charge in [0.15, 0.2) is 0 Å². The summed E-state index contributed by atoms with van der Waals surface area (Å²) in [6.07, 6.45) is 2.68. The van der Waals surface area contributed by atoms with E-state index in [2.05, 4.69) is 26.9 Å². The van der Waals surface area contributed by atoms with Crippen molar-refractivity contribution >= 4 is 32.9 Å². The predicted molar refractivity (Wildman–Crippen MR) is 80.8 cm³/mol. The topological polar surface area (TPSA) is 45.4 Å². The molecule has 1 atom stereocenters. The van der Waals surface area contributed by atoms with E-state index < -0.39 is 0 Å². The molecule has 0 saturated carbocycles. The van der Waals surface area contributed by atoms with E-state index >= 15 is 0 Å². The minimum atomic E-state index is 0.722. The monoisotopic (exact) mass is 274 g/mol. The zero-order chi connectivity index (χ0) is 12.8. The number of nitrogens with two attached hydrogens (primary N) is 1. The fourth-order valence-corrected chi connectivity index (χ4v) is 4.12. The van der Waals surface area contributed by atoms with Crippen molar-refractivity contribution in [2.75, 3.05) is 36.8 Å². The van der Waals surface area contributed by atoms with Crippen LogP contribution in [0.15, 0.2) is 17.6 Å². The molecule has 2 saturated heterocycles. The number of rotatable bonds is 1. The fourth-order valence-electron chi connectivity index (χ4n) is 3.43. The lowest BCUT2D eigenvalue weighted by atomic mass is 10.1. The van der Waals surface area contributed by atoms with E-state index in [4.69, 9.17) is 5.73 Å². The summed E-state index contributed by atoms with van der Waals surface area (Å²) in [5.41, 5.74) is 11.2. The Balaban J connectivity index is 1.68. The second kappa shape index (κ2) is 4.35. The largest absolute Gasteiger partial charge is 0.395 e. The molecule has 100 valence electrons. The number of fused-ring (bicyclic) bond motifs is 2. The number of nitrogen functional groups attached to an aromatic ring is 1. The van der Waals surface area contributed by atoms with Crippen molar-refractivity contribution in [2.24, 2.45) is 0 Å². The van der Waals surface area contributed by atoms with Crippen LogP contribution in [0, 0.1) is 0 Å². The molecule has 3 heterocycles. The molecule has 1 aromatic heterocycles. The molecular weight excluding hydrogens is 256 g/mol. The Hall–Kier alpha value is -1.33. The second-order valence-electron chi connectivity index (χ2n) is 5.48. The Morgan fingerprint density at radius 3 is 3.16 bits per heavy atom. The minimum Gasteiger partial charge on any atom is -0.395 e. The van der Waals surface area contributed by atoms with E-state index in [1.54, 1.807) is 11.3 Å². The molecule has 2 N–H and O–H groups in total. The van der Waals surface area contributed by atoms with Gasteiger partial charge in [0, 0.05) is 25.7 Å². The molecule has 2 aliphatic heterocycles. The Morgan fingerprint density at radius 1 is 1.26 bits per heavy atom. The van der Waals surface area contributed by atoms with Crippen molar-refractivity contribution in [3.8, 4) is 0 Å². The van der Waals surface area contributed by atoms with Gasteiger partial charge in [0.1, 0.15) is 5.52 Å². The molecule has 0 bridgehead atoms. The van der Waals surface area contributed by atoms with E-state index in [1.165, 1.54) is 36.3 Å². The number of thiazole rings is 1. The van der Waals surface area contributed by atoms with E-state index in [9.17, 15) is 0 Å². The van der Waals surface area contributed by atoms with Crippen LogP contribution in [0.25, 0.3) is 10.2 Å². The lowest BCUT2D eigenvalue weighted by molar-refractivity contribution is 0.231. The first kappa shape index (κ1) is 11.5. The van der Waals surface area contributed by atoms with Crippen LogP contribution in [0.4, 0.5) is 11.4 Å². The third-order valence-corrected chi connectivity index (χ3v) is 5.24. The molecule has 2 aromatic rings. The summed E-state index contributed by atoms with van der Waals surface area (Å²) in [4.78, 5) is 9.46. The minimum absolute atomic E-state index is 0.722. The number of anilines is 2. The molecule has 0 aliphatic carbocycles. The summed E-state index contributed by atoms with van der Waals surface area (Å²) in [6.45, 7) is 4.63. The Kier molecular flexibility index (Phi) is 2.63. The highest BCUT2D eigenvalue weighted by Gasteiger charge is 2.31. The normalized spacial score (nSPS) is 24.0. The number of benzene rings is 1. The Morgan fingerprint density at radius 2 is 2.21 bits per heavy atom. The first-order valence-corrected chi connectivity index (χ1v) is 7.81. The van der Waals surface area contributed by atoms with Crippen LogP contribution in [0.2, 0.25) is 0 Å². The van der Waals surface area contributed by atoms with Gasteiger partial charge in [-0.3, -0.25) is 4.90 Å². The van der Waals surface area contributed by atoms with Gasteiger partial charge in [-0.1, -0.05) is 0 Å². The van der Waals surface area contributed by atoms with Crippen LogP contribution in [-0.4, -0.2) is 42.1 Å². The summed E-state index contributed by atoms with van der Waals surface area (Å²) >= 11 is 1.65. The second-order valence-corrected chi connectivity index (χ2v) is 6.36. The molecule has 4 rings (SSSR count). The first-order valence-electron chi connectivity index (χ1n) is 6.93. The average Bonchev–Trinajstić information content (AvgIpc) is 3.07. The number of aromatic nitrogens is 1. The third-order valence-electron chi connectivity index (χ3n) is 4.45. The number of hydrogen-bond acceptors (Lipinski definition) is 5. The molecule has 1 aromatic carbocycles. The van der Waals surface area contributed by atoms with E-state index in [1.807, 2.05) is 5.51 Å². The SMILES string of the molecule is Nc1c(N2CCN3CCCC3C2)ccc2scnc12. The summed E-state index contributed by atoms with van der Waals surface area (Å²) < 4.78 is 1.18. The lowest BCUT2D eigenvalue weighted by Crippen LogP contribution is -2.50. The molecule has 1 unspecified atom stereocenters. The lowest BCUT2D eigenvalue weighted by Gasteiger charge is -2.39. The van der Waals surface area contributed by atoms with Crippen LogP contribution in [0.5, 0.6) is 0 Å². The van der Waals surface area contributed by atoms with E-state index in [0.717, 1.165) is 30.3 Å². The molecule has 0 radical (unpaired) electrons. The Bertz CT molecular complexity index is 609. The van der Waals surface area contributed by atoms with Crippen molar-refractivity contribution in [3.05, 3.63) is 17.6 Å². The van der Waals surface area contributed by atoms with Gasteiger partial charge in [0.25, 0.3) is 0 Å². The summed E-state index contributed by atoms with van der Waals surface area (Å²) in [5, 5.41) is 0. The van der Waals surface area contributed by atoms with Gasteiger partial charge in [-0.05, 0) is 31.5 Å². The molecule has 0 spiro atoms. The highest BCUT2D eigenvalue weighted by molar-refractivity contribution is 7.16. The van der Waals surface area contributed by atoms with Crippen molar-refractivity contribution in [1.82, 2.24) is 9.88 Å². The van der Waals surface area contributed by atoms with E-state index in [-0.39, 0.29) is 0 Å². The van der Waals surface area contributed by atoms with Gasteiger partial charge >= 0.3 is 0 Å². The van der Waals surface area contributed by atoms with Gasteiger partial charge in [0.2, 0.25) is 0 Å². The maximum absolute atomic E-state index is 6.32. The predicted octanol–water partition coefficient (Wildman–Crippen LogP) is 2.16. The number of nitrogens with zero attached hydrogens (tertiary/aromatic N) is 3. The zero-order valence-electron chi connectivity index (χ0n) is 10.9. The zero-order valence-corrected chi connectivity index (χ0v) is 11.7. The summed E-state index contributed by atoms with van der Waals surface area (Å²) in [5.74, 6) is 0. The van der Waals surface area contributed by atoms with Crippen LogP contribution in [-0.2, 0) is 0 Å². The third kappa shape index (κ3) is 1.80. The fraction of sp³-hybridized carbons (Fsp3) is 0.500. The molecule has 0 amide bonds. The average molecular weight is 274 g/mol. The standard InChI is InChI=1S/C14H18N4S/c15-13-11(3-4-12-14(13)16-9-19-12)18-7-6-17-5-1-2-10(17)8-18/h3-4,9-10H,1-2,5-8,15H2. The first-order chi connectivity index (χ1) is 9.33. The smallest absolute Gasteiger partial charge is 0.106 e. The van der Waals surface area contributed by atoms with Crippen LogP contribution in [0.1, 0.15) is 12.8 Å². The molecule has 5 heteroatoms. The van der Waals surface area contributed by atoms with Crippen LogP contribution < -0.4 is 10.6 Å². The number of piperazine rings is 1. The highest BCUT2D eigenvalue weighted by atomic mass is 32.1. The molecular formula is C14H18N4S. The summed E-state index contributed by atoms with van der Waals surface area (Å²) in [7, 11) is 0. The van der Waals surface area contributed by atoms with Crippen molar-refractivity contribution in [1.29, 1.82) is 0 Å². The van der Waals surface area contributed by atoms with Gasteiger partial charge in [0.05, 0.1) is 21.6 Å². The number of hydrogen-bond donors (Lipinski definition) is 1.